The number of hydrogen-bond acceptors (Lipinski definition) is 7. The van der Waals surface area contributed by atoms with Gasteiger partial charge in [0.2, 0.25) is 0 Å². The second-order valence-corrected chi connectivity index (χ2v) is 11.4. The molecule has 13 heteroatoms. The summed E-state index contributed by atoms with van der Waals surface area (Å²) in [6, 6.07) is 6.34. The van der Waals surface area contributed by atoms with E-state index in [1.165, 1.54) is 32.0 Å². The standard InChI is InChI=1S/C11H16ClFO8P2S/c1-3-19-22(14,15)11(12,13)23(16,20-4-2)21-24(17,18)10-8-6-5-7-9-10/h5-9H,3-4H2,1-2H3,(H,14,15). The molecule has 3 unspecified atom stereocenters. The van der Waals surface area contributed by atoms with Gasteiger partial charge in [-0.2, -0.15) is 16.8 Å². The summed E-state index contributed by atoms with van der Waals surface area (Å²) in [6.45, 7) is 1.53. The zero-order valence-corrected chi connectivity index (χ0v) is 16.0. The van der Waals surface area contributed by atoms with Crippen molar-refractivity contribution in [2.75, 3.05) is 13.2 Å². The van der Waals surface area contributed by atoms with Crippen molar-refractivity contribution in [3.8, 4) is 0 Å². The monoisotopic (exact) mass is 424 g/mol. The summed E-state index contributed by atoms with van der Waals surface area (Å²) < 4.78 is 72.5. The van der Waals surface area contributed by atoms with Crippen LogP contribution >= 0.6 is 26.8 Å². The van der Waals surface area contributed by atoms with Crippen LogP contribution < -0.4 is 0 Å². The van der Waals surface area contributed by atoms with E-state index >= 15 is 0 Å². The first-order chi connectivity index (χ1) is 10.9. The van der Waals surface area contributed by atoms with E-state index in [0.29, 0.717) is 0 Å². The van der Waals surface area contributed by atoms with E-state index in [4.69, 9.17) is 11.6 Å². The smallest absolute Gasteiger partial charge is 0.321 e. The summed E-state index contributed by atoms with van der Waals surface area (Å²) in [5, 5.41) is 0. The molecule has 24 heavy (non-hydrogen) atoms. The molecular weight excluding hydrogens is 409 g/mol. The molecule has 0 aromatic heterocycles. The predicted octanol–water partition coefficient (Wildman–Crippen LogP) is 3.66. The second kappa shape index (κ2) is 7.93. The first-order valence-corrected chi connectivity index (χ1v) is 11.5. The van der Waals surface area contributed by atoms with Crippen LogP contribution in [0, 0.1) is 0 Å². The van der Waals surface area contributed by atoms with E-state index < -0.39 is 48.0 Å². The fourth-order valence-corrected chi connectivity index (χ4v) is 7.31. The highest BCUT2D eigenvalue weighted by atomic mass is 35.5. The summed E-state index contributed by atoms with van der Waals surface area (Å²) in [7, 11) is -15.7. The molecule has 8 nitrogen and oxygen atoms in total. The molecule has 0 aliphatic carbocycles. The molecule has 1 rings (SSSR count). The molecule has 0 fully saturated rings. The van der Waals surface area contributed by atoms with Crippen molar-refractivity contribution in [3.05, 3.63) is 30.3 Å². The quantitative estimate of drug-likeness (QED) is 0.471. The second-order valence-electron chi connectivity index (χ2n) is 4.20. The molecule has 0 saturated heterocycles. The Morgan fingerprint density at radius 1 is 1.17 bits per heavy atom. The number of benzene rings is 1. The van der Waals surface area contributed by atoms with Gasteiger partial charge in [-0.25, -0.2) is 0 Å². The van der Waals surface area contributed by atoms with Crippen molar-refractivity contribution in [1.29, 1.82) is 0 Å². The maximum absolute atomic E-state index is 14.7. The predicted molar refractivity (Wildman–Crippen MR) is 85.1 cm³/mol. The Kier molecular flexibility index (Phi) is 7.18. The molecule has 138 valence electrons. The average molecular weight is 425 g/mol. The molecule has 0 radical (unpaired) electrons. The van der Waals surface area contributed by atoms with Crippen LogP contribution in [0.5, 0.6) is 0 Å². The molecule has 1 aromatic rings. The van der Waals surface area contributed by atoms with Gasteiger partial charge in [-0.3, -0.25) is 9.13 Å². The van der Waals surface area contributed by atoms with Crippen molar-refractivity contribution in [2.45, 2.75) is 23.4 Å². The normalized spacial score (nSPS) is 19.9. The third kappa shape index (κ3) is 4.45. The number of rotatable bonds is 9. The van der Waals surface area contributed by atoms with E-state index in [1.54, 1.807) is 0 Å². The van der Waals surface area contributed by atoms with Crippen LogP contribution in [-0.2, 0) is 32.3 Å². The number of hydrogen-bond donors (Lipinski definition) is 1. The molecule has 3 atom stereocenters. The molecular formula is C11H16ClFO8P2S. The van der Waals surface area contributed by atoms with E-state index in [2.05, 4.69) is 13.0 Å². The Bertz CT molecular complexity index is 755. The topological polar surface area (TPSA) is 116 Å². The van der Waals surface area contributed by atoms with Crippen LogP contribution in [0.15, 0.2) is 35.2 Å². The Hall–Kier alpha value is -0.310. The fourth-order valence-electron chi connectivity index (χ4n) is 1.48. The lowest BCUT2D eigenvalue weighted by molar-refractivity contribution is 0.211. The number of halogens is 2. The van der Waals surface area contributed by atoms with Gasteiger partial charge in [0, 0.05) is 0 Å². The summed E-state index contributed by atoms with van der Waals surface area (Å²) >= 11 is 5.30. The molecule has 0 amide bonds. The van der Waals surface area contributed by atoms with Crippen molar-refractivity contribution in [2.24, 2.45) is 0 Å². The van der Waals surface area contributed by atoms with Crippen molar-refractivity contribution < 1.29 is 39.8 Å². The fraction of sp³-hybridized carbons (Fsp3) is 0.455. The Labute approximate surface area is 144 Å². The highest BCUT2D eigenvalue weighted by Gasteiger charge is 2.67. The molecule has 0 heterocycles. The van der Waals surface area contributed by atoms with Gasteiger partial charge in [-0.05, 0) is 26.0 Å². The van der Waals surface area contributed by atoms with Crippen LogP contribution in [0.3, 0.4) is 0 Å². The first-order valence-electron chi connectivity index (χ1n) is 6.54. The maximum atomic E-state index is 14.7. The lowest BCUT2D eigenvalue weighted by atomic mass is 10.4. The maximum Gasteiger partial charge on any atom is 0.410 e. The lowest BCUT2D eigenvalue weighted by Gasteiger charge is -2.29. The average Bonchev–Trinajstić information content (AvgIpc) is 2.47. The highest BCUT2D eigenvalue weighted by molar-refractivity contribution is 7.93. The molecule has 1 aromatic carbocycles. The Morgan fingerprint density at radius 2 is 1.67 bits per heavy atom. The molecule has 1 N–H and O–H groups in total. The third-order valence-electron chi connectivity index (χ3n) is 2.50. The minimum absolute atomic E-state index is 0.455. The summed E-state index contributed by atoms with van der Waals surface area (Å²) in [6.07, 6.45) is 0. The molecule has 0 bridgehead atoms. The zero-order valence-electron chi connectivity index (χ0n) is 12.7. The molecule has 0 saturated carbocycles. The first kappa shape index (κ1) is 21.7. The summed E-state index contributed by atoms with van der Waals surface area (Å²) in [5.41, 5.74) is 0. The van der Waals surface area contributed by atoms with Gasteiger partial charge in [-0.1, -0.05) is 29.8 Å². The van der Waals surface area contributed by atoms with Crippen molar-refractivity contribution in [1.82, 2.24) is 0 Å². The minimum atomic E-state index is -5.49. The van der Waals surface area contributed by atoms with Crippen molar-refractivity contribution in [3.63, 3.8) is 0 Å². The van der Waals surface area contributed by atoms with Crippen LogP contribution in [0.4, 0.5) is 4.39 Å². The lowest BCUT2D eigenvalue weighted by Crippen LogP contribution is -2.23. The van der Waals surface area contributed by atoms with Gasteiger partial charge in [0.25, 0.3) is 0 Å². The van der Waals surface area contributed by atoms with Crippen molar-refractivity contribution >= 4 is 36.9 Å². The van der Waals surface area contributed by atoms with Gasteiger partial charge in [0.15, 0.2) is 0 Å². The van der Waals surface area contributed by atoms with Crippen LogP contribution in [-0.4, -0.2) is 31.1 Å². The highest BCUT2D eigenvalue weighted by Crippen LogP contribution is 2.79. The minimum Gasteiger partial charge on any atom is -0.321 e. The summed E-state index contributed by atoms with van der Waals surface area (Å²) in [4.78, 5) is 9.10. The van der Waals surface area contributed by atoms with E-state index in [9.17, 15) is 26.8 Å². The summed E-state index contributed by atoms with van der Waals surface area (Å²) in [5.74, 6) is 0. The van der Waals surface area contributed by atoms with Gasteiger partial charge < -0.3 is 13.9 Å². The molecule has 0 aliphatic rings. The molecule has 0 aliphatic heterocycles. The van der Waals surface area contributed by atoms with Crippen LogP contribution in [0.25, 0.3) is 0 Å². The van der Waals surface area contributed by atoms with Gasteiger partial charge in [-0.15, -0.1) is 0 Å². The van der Waals surface area contributed by atoms with Gasteiger partial charge in [0.05, 0.1) is 18.1 Å². The number of alkyl halides is 2. The molecule has 0 spiro atoms. The van der Waals surface area contributed by atoms with E-state index in [1.807, 2.05) is 0 Å². The van der Waals surface area contributed by atoms with Crippen LogP contribution in [0.2, 0.25) is 0 Å². The zero-order chi connectivity index (χ0) is 18.6. The Balaban J connectivity index is 3.36. The van der Waals surface area contributed by atoms with Gasteiger partial charge in [0.1, 0.15) is 0 Å². The van der Waals surface area contributed by atoms with Gasteiger partial charge >= 0.3 is 29.9 Å². The van der Waals surface area contributed by atoms with E-state index in [-0.39, 0.29) is 0 Å². The van der Waals surface area contributed by atoms with Crippen LogP contribution in [0.1, 0.15) is 13.8 Å². The SMILES string of the molecule is CCOP(=O)(O)C(F)(Cl)P(=O)(OCC)OS(=O)(=O)c1ccccc1. The Morgan fingerprint density at radius 3 is 2.12 bits per heavy atom. The third-order valence-corrected chi connectivity index (χ3v) is 10.2. The van der Waals surface area contributed by atoms with E-state index in [0.717, 1.165) is 12.1 Å². The largest absolute Gasteiger partial charge is 0.410 e.